The fraction of sp³-hybridized carbons (Fsp3) is 0.357. The van der Waals surface area contributed by atoms with E-state index in [1.165, 1.54) is 6.07 Å². The van der Waals surface area contributed by atoms with Crippen LogP contribution >= 0.6 is 11.6 Å². The lowest BCUT2D eigenvalue weighted by molar-refractivity contribution is -0.123. The van der Waals surface area contributed by atoms with Crippen molar-refractivity contribution in [3.05, 3.63) is 23.2 Å². The standard InChI is InChI=1S/C14H16ClN3O2/c1-14(2,3)13(20)18-11-5-4-9(8-10(11)15)17-12(19)6-7-16/h4-5,8H,6H2,1-3H3,(H,17,19)(H,18,20). The number of halogens is 1. The van der Waals surface area contributed by atoms with Gasteiger partial charge in [0.25, 0.3) is 0 Å². The van der Waals surface area contributed by atoms with E-state index in [4.69, 9.17) is 16.9 Å². The van der Waals surface area contributed by atoms with E-state index in [0.717, 1.165) is 0 Å². The van der Waals surface area contributed by atoms with Gasteiger partial charge in [-0.25, -0.2) is 0 Å². The minimum absolute atomic E-state index is 0.152. The number of nitrogens with zero attached hydrogens (tertiary/aromatic N) is 1. The zero-order valence-corrected chi connectivity index (χ0v) is 12.3. The molecule has 0 saturated carbocycles. The van der Waals surface area contributed by atoms with Crippen LogP contribution in [0.4, 0.5) is 11.4 Å². The number of carbonyl (C=O) groups excluding carboxylic acids is 2. The Hall–Kier alpha value is -2.06. The molecule has 0 heterocycles. The van der Waals surface area contributed by atoms with Crippen molar-refractivity contribution in [3.63, 3.8) is 0 Å². The first-order valence-corrected chi connectivity index (χ1v) is 6.39. The van der Waals surface area contributed by atoms with Crippen LogP contribution in [0.3, 0.4) is 0 Å². The third-order valence-corrected chi connectivity index (χ3v) is 2.73. The van der Waals surface area contributed by atoms with Crippen LogP contribution in [0.5, 0.6) is 0 Å². The molecule has 1 rings (SSSR count). The van der Waals surface area contributed by atoms with E-state index < -0.39 is 11.3 Å². The highest BCUT2D eigenvalue weighted by molar-refractivity contribution is 6.34. The Balaban J connectivity index is 2.82. The minimum atomic E-state index is -0.525. The number of benzene rings is 1. The Morgan fingerprint density at radius 2 is 1.95 bits per heavy atom. The molecule has 0 spiro atoms. The molecule has 1 aromatic rings. The maximum atomic E-state index is 11.9. The smallest absolute Gasteiger partial charge is 0.238 e. The summed E-state index contributed by atoms with van der Waals surface area (Å²) < 4.78 is 0. The second-order valence-corrected chi connectivity index (χ2v) is 5.69. The number of hydrogen-bond acceptors (Lipinski definition) is 3. The number of nitrogens with one attached hydrogen (secondary N) is 2. The summed E-state index contributed by atoms with van der Waals surface area (Å²) in [6, 6.07) is 6.49. The molecule has 0 aliphatic rings. The number of carbonyl (C=O) groups is 2. The fourth-order valence-corrected chi connectivity index (χ4v) is 1.51. The van der Waals surface area contributed by atoms with Gasteiger partial charge in [-0.2, -0.15) is 5.26 Å². The highest BCUT2D eigenvalue weighted by atomic mass is 35.5. The van der Waals surface area contributed by atoms with Crippen molar-refractivity contribution in [2.75, 3.05) is 10.6 Å². The van der Waals surface area contributed by atoms with Gasteiger partial charge in [0.1, 0.15) is 6.42 Å². The SMILES string of the molecule is CC(C)(C)C(=O)Nc1ccc(NC(=O)CC#N)cc1Cl. The normalized spacial score (nSPS) is 10.6. The first-order chi connectivity index (χ1) is 9.24. The van der Waals surface area contributed by atoms with Crippen LogP contribution in [0.25, 0.3) is 0 Å². The summed E-state index contributed by atoms with van der Waals surface area (Å²) in [4.78, 5) is 23.1. The van der Waals surface area contributed by atoms with Gasteiger partial charge in [-0.1, -0.05) is 32.4 Å². The van der Waals surface area contributed by atoms with Crippen LogP contribution < -0.4 is 10.6 Å². The topological polar surface area (TPSA) is 82.0 Å². The van der Waals surface area contributed by atoms with E-state index in [9.17, 15) is 9.59 Å². The van der Waals surface area contributed by atoms with E-state index in [-0.39, 0.29) is 12.3 Å². The molecule has 0 aliphatic carbocycles. The van der Waals surface area contributed by atoms with Gasteiger partial charge in [-0.05, 0) is 18.2 Å². The average Bonchev–Trinajstić information content (AvgIpc) is 2.31. The van der Waals surface area contributed by atoms with E-state index >= 15 is 0 Å². The Morgan fingerprint density at radius 1 is 1.30 bits per heavy atom. The largest absolute Gasteiger partial charge is 0.325 e. The van der Waals surface area contributed by atoms with Gasteiger partial charge in [0.05, 0.1) is 16.8 Å². The molecule has 5 nitrogen and oxygen atoms in total. The predicted molar refractivity (Wildman–Crippen MR) is 78.4 cm³/mol. The van der Waals surface area contributed by atoms with Gasteiger partial charge in [-0.15, -0.1) is 0 Å². The molecule has 1 aromatic carbocycles. The maximum Gasteiger partial charge on any atom is 0.238 e. The second-order valence-electron chi connectivity index (χ2n) is 5.28. The molecule has 0 bridgehead atoms. The number of rotatable bonds is 3. The first kappa shape index (κ1) is 16.0. The van der Waals surface area contributed by atoms with Crippen LogP contribution in [-0.4, -0.2) is 11.8 Å². The monoisotopic (exact) mass is 293 g/mol. The predicted octanol–water partition coefficient (Wildman–Crippen LogP) is 3.18. The molecule has 0 saturated heterocycles. The molecule has 6 heteroatoms. The van der Waals surface area contributed by atoms with Gasteiger partial charge in [-0.3, -0.25) is 9.59 Å². The highest BCUT2D eigenvalue weighted by Crippen LogP contribution is 2.27. The molecule has 0 aliphatic heterocycles. The summed E-state index contributed by atoms with van der Waals surface area (Å²) in [5.41, 5.74) is 0.428. The Kier molecular flexibility index (Phi) is 5.12. The van der Waals surface area contributed by atoms with Crippen molar-refractivity contribution in [2.45, 2.75) is 27.2 Å². The molecule has 0 radical (unpaired) electrons. The molecule has 0 aromatic heterocycles. The summed E-state index contributed by atoms with van der Waals surface area (Å²) in [6.07, 6.45) is -0.222. The lowest BCUT2D eigenvalue weighted by Crippen LogP contribution is -2.27. The van der Waals surface area contributed by atoms with Gasteiger partial charge < -0.3 is 10.6 Å². The number of nitriles is 1. The molecule has 0 fully saturated rings. The molecule has 2 N–H and O–H groups in total. The quantitative estimate of drug-likeness (QED) is 0.898. The molecule has 0 atom stereocenters. The molecule has 0 unspecified atom stereocenters. The van der Waals surface area contributed by atoms with E-state index in [1.54, 1.807) is 39.0 Å². The summed E-state index contributed by atoms with van der Waals surface area (Å²) >= 11 is 6.05. The molecule has 2 amide bonds. The fourth-order valence-electron chi connectivity index (χ4n) is 1.28. The Bertz CT molecular complexity index is 571. The van der Waals surface area contributed by atoms with Crippen molar-refractivity contribution in [3.8, 4) is 6.07 Å². The summed E-state index contributed by atoms with van der Waals surface area (Å²) in [5.74, 6) is -0.560. The van der Waals surface area contributed by atoms with E-state index in [1.807, 2.05) is 0 Å². The van der Waals surface area contributed by atoms with Crippen molar-refractivity contribution >= 4 is 34.8 Å². The van der Waals surface area contributed by atoms with Gasteiger partial charge in [0, 0.05) is 11.1 Å². The van der Waals surface area contributed by atoms with E-state index in [0.29, 0.717) is 16.4 Å². The summed E-state index contributed by atoms with van der Waals surface area (Å²) in [6.45, 7) is 5.40. The van der Waals surface area contributed by atoms with Crippen LogP contribution in [0.2, 0.25) is 5.02 Å². The zero-order chi connectivity index (χ0) is 15.3. The summed E-state index contributed by atoms with van der Waals surface area (Å²) in [7, 11) is 0. The lowest BCUT2D eigenvalue weighted by Gasteiger charge is -2.18. The number of anilines is 2. The molecule has 106 valence electrons. The number of hydrogen-bond donors (Lipinski definition) is 2. The zero-order valence-electron chi connectivity index (χ0n) is 11.6. The molecular weight excluding hydrogens is 278 g/mol. The molecule has 20 heavy (non-hydrogen) atoms. The van der Waals surface area contributed by atoms with Crippen molar-refractivity contribution in [1.82, 2.24) is 0 Å². The van der Waals surface area contributed by atoms with Gasteiger partial charge >= 0.3 is 0 Å². The minimum Gasteiger partial charge on any atom is -0.325 e. The molecular formula is C14H16ClN3O2. The lowest BCUT2D eigenvalue weighted by atomic mass is 9.95. The van der Waals surface area contributed by atoms with Crippen LogP contribution in [-0.2, 0) is 9.59 Å². The number of amides is 2. The van der Waals surface area contributed by atoms with Gasteiger partial charge in [0.2, 0.25) is 11.8 Å². The Labute approximate surface area is 122 Å². The highest BCUT2D eigenvalue weighted by Gasteiger charge is 2.21. The second kappa shape index (κ2) is 6.40. The van der Waals surface area contributed by atoms with Gasteiger partial charge in [0.15, 0.2) is 0 Å². The third kappa shape index (κ3) is 4.56. The van der Waals surface area contributed by atoms with Crippen molar-refractivity contribution < 1.29 is 9.59 Å². The van der Waals surface area contributed by atoms with Crippen LogP contribution in [0.15, 0.2) is 18.2 Å². The van der Waals surface area contributed by atoms with Crippen LogP contribution in [0.1, 0.15) is 27.2 Å². The Morgan fingerprint density at radius 3 is 2.45 bits per heavy atom. The maximum absolute atomic E-state index is 11.9. The van der Waals surface area contributed by atoms with E-state index in [2.05, 4.69) is 10.6 Å². The van der Waals surface area contributed by atoms with Crippen molar-refractivity contribution in [1.29, 1.82) is 5.26 Å². The van der Waals surface area contributed by atoms with Crippen molar-refractivity contribution in [2.24, 2.45) is 5.41 Å². The third-order valence-electron chi connectivity index (χ3n) is 2.42. The average molecular weight is 294 g/mol. The summed E-state index contributed by atoms with van der Waals surface area (Å²) in [5, 5.41) is 14.0. The first-order valence-electron chi connectivity index (χ1n) is 6.02. The van der Waals surface area contributed by atoms with Crippen LogP contribution in [0, 0.1) is 16.7 Å².